The number of carbonyl (C=O) groups excluding carboxylic acids is 2. The van der Waals surface area contributed by atoms with E-state index in [0.29, 0.717) is 31.0 Å². The number of carbonyl (C=O) groups is 2. The van der Waals surface area contributed by atoms with Gasteiger partial charge in [0.1, 0.15) is 11.2 Å². The van der Waals surface area contributed by atoms with Gasteiger partial charge >= 0.3 is 0 Å². The lowest BCUT2D eigenvalue weighted by molar-refractivity contribution is -0.141. The highest BCUT2D eigenvalue weighted by Crippen LogP contribution is 2.27. The van der Waals surface area contributed by atoms with E-state index in [9.17, 15) is 19.8 Å². The van der Waals surface area contributed by atoms with Gasteiger partial charge in [0, 0.05) is 19.5 Å². The van der Waals surface area contributed by atoms with Crippen molar-refractivity contribution in [2.45, 2.75) is 43.6 Å². The number of aliphatic hydroxyl groups excluding tert-OH is 2. The number of aromatic nitrogens is 1. The standard InChI is InChI=1S/C22H25ClN4O4/c23-19-10-14-9-17(25-18(14)11-24-19)21(30)26-16(8-13-4-2-1-3-5-13)20(29)22(31)27-7-6-15(28)12-27/h1-5,10-11,15-17,20,25,28-29H,6-9,12H2,(H,26,30)/t15?,16-,17?,20?/m0/s1. The third-order valence-electron chi connectivity index (χ3n) is 5.76. The largest absolute Gasteiger partial charge is 0.391 e. The van der Waals surface area contributed by atoms with E-state index in [2.05, 4.69) is 15.6 Å². The number of hydrogen-bond acceptors (Lipinski definition) is 6. The highest BCUT2D eigenvalue weighted by Gasteiger charge is 2.36. The fourth-order valence-electron chi connectivity index (χ4n) is 4.08. The maximum atomic E-state index is 13.0. The number of nitrogens with zero attached hydrogens (tertiary/aromatic N) is 2. The van der Waals surface area contributed by atoms with Crippen LogP contribution in [0.15, 0.2) is 42.6 Å². The van der Waals surface area contributed by atoms with Crippen LogP contribution in [0.2, 0.25) is 5.15 Å². The summed E-state index contributed by atoms with van der Waals surface area (Å²) in [5.41, 5.74) is 2.52. The molecule has 9 heteroatoms. The number of likely N-dealkylation sites (tertiary alicyclic amines) is 1. The van der Waals surface area contributed by atoms with Crippen molar-refractivity contribution >= 4 is 29.1 Å². The molecule has 3 heterocycles. The molecule has 3 unspecified atom stereocenters. The van der Waals surface area contributed by atoms with Crippen LogP contribution in [0.5, 0.6) is 0 Å². The van der Waals surface area contributed by atoms with Crippen LogP contribution >= 0.6 is 11.6 Å². The molecule has 31 heavy (non-hydrogen) atoms. The van der Waals surface area contributed by atoms with Gasteiger partial charge in [-0.1, -0.05) is 41.9 Å². The molecule has 164 valence electrons. The van der Waals surface area contributed by atoms with Crippen molar-refractivity contribution in [3.05, 3.63) is 58.9 Å². The van der Waals surface area contributed by atoms with E-state index in [-0.39, 0.29) is 12.5 Å². The third kappa shape index (κ3) is 4.98. The number of hydrogen-bond donors (Lipinski definition) is 4. The lowest BCUT2D eigenvalue weighted by Gasteiger charge is -2.28. The van der Waals surface area contributed by atoms with Crippen LogP contribution in [0.1, 0.15) is 17.5 Å². The monoisotopic (exact) mass is 444 g/mol. The summed E-state index contributed by atoms with van der Waals surface area (Å²) in [6.45, 7) is 0.575. The van der Waals surface area contributed by atoms with E-state index in [0.717, 1.165) is 16.8 Å². The summed E-state index contributed by atoms with van der Waals surface area (Å²) in [6.07, 6.45) is 0.792. The van der Waals surface area contributed by atoms with Gasteiger partial charge in [-0.2, -0.15) is 0 Å². The third-order valence-corrected chi connectivity index (χ3v) is 5.97. The first-order valence-electron chi connectivity index (χ1n) is 10.3. The smallest absolute Gasteiger partial charge is 0.253 e. The maximum absolute atomic E-state index is 13.0. The Balaban J connectivity index is 1.47. The van der Waals surface area contributed by atoms with Gasteiger partial charge in [0.2, 0.25) is 5.91 Å². The Hall–Kier alpha value is -2.68. The second kappa shape index (κ2) is 9.21. The first-order valence-corrected chi connectivity index (χ1v) is 10.7. The molecular formula is C22H25ClN4O4. The maximum Gasteiger partial charge on any atom is 0.253 e. The lowest BCUT2D eigenvalue weighted by Crippen LogP contribution is -2.55. The molecule has 2 amide bonds. The predicted molar refractivity (Wildman–Crippen MR) is 116 cm³/mol. The fraction of sp³-hybridized carbons (Fsp3) is 0.409. The van der Waals surface area contributed by atoms with Crippen molar-refractivity contribution in [3.63, 3.8) is 0 Å². The van der Waals surface area contributed by atoms with E-state index in [1.165, 1.54) is 4.90 Å². The van der Waals surface area contributed by atoms with E-state index in [1.807, 2.05) is 30.3 Å². The van der Waals surface area contributed by atoms with Crippen molar-refractivity contribution in [1.82, 2.24) is 15.2 Å². The molecule has 2 aromatic rings. The molecular weight excluding hydrogens is 420 g/mol. The highest BCUT2D eigenvalue weighted by atomic mass is 35.5. The van der Waals surface area contributed by atoms with Gasteiger partial charge < -0.3 is 25.7 Å². The fourth-order valence-corrected chi connectivity index (χ4v) is 4.26. The highest BCUT2D eigenvalue weighted by molar-refractivity contribution is 6.29. The van der Waals surface area contributed by atoms with E-state index in [4.69, 9.17) is 11.6 Å². The number of pyridine rings is 1. The van der Waals surface area contributed by atoms with E-state index < -0.39 is 30.2 Å². The molecule has 4 atom stereocenters. The van der Waals surface area contributed by atoms with Gasteiger partial charge in [-0.05, 0) is 30.0 Å². The van der Waals surface area contributed by atoms with Crippen LogP contribution < -0.4 is 10.6 Å². The zero-order valence-electron chi connectivity index (χ0n) is 16.9. The first kappa shape index (κ1) is 21.5. The molecule has 0 spiro atoms. The molecule has 0 radical (unpaired) electrons. The minimum Gasteiger partial charge on any atom is -0.391 e. The minimum atomic E-state index is -1.42. The van der Waals surface area contributed by atoms with Crippen molar-refractivity contribution in [2.75, 3.05) is 18.4 Å². The lowest BCUT2D eigenvalue weighted by atomic mass is 9.99. The van der Waals surface area contributed by atoms with Crippen molar-refractivity contribution in [2.24, 2.45) is 0 Å². The van der Waals surface area contributed by atoms with Gasteiger partial charge in [0.15, 0.2) is 6.10 Å². The van der Waals surface area contributed by atoms with Crippen molar-refractivity contribution in [3.8, 4) is 0 Å². The Morgan fingerprint density at radius 1 is 1.32 bits per heavy atom. The number of fused-ring (bicyclic) bond motifs is 1. The molecule has 1 fully saturated rings. The first-order chi connectivity index (χ1) is 14.9. The molecule has 1 aromatic carbocycles. The quantitative estimate of drug-likeness (QED) is 0.489. The predicted octanol–water partition coefficient (Wildman–Crippen LogP) is 0.753. The topological polar surface area (TPSA) is 115 Å². The molecule has 2 aliphatic rings. The number of rotatable bonds is 6. The van der Waals surface area contributed by atoms with Crippen molar-refractivity contribution in [1.29, 1.82) is 0 Å². The average Bonchev–Trinajstić information content (AvgIpc) is 3.38. The molecule has 4 N–H and O–H groups in total. The van der Waals surface area contributed by atoms with Crippen molar-refractivity contribution < 1.29 is 19.8 Å². The molecule has 0 aliphatic carbocycles. The SMILES string of the molecule is O=C(N[C@@H](Cc1ccccc1)C(O)C(=O)N1CCC(O)C1)C1Cc2cc(Cl)ncc2N1. The molecule has 8 nitrogen and oxygen atoms in total. The Kier molecular flexibility index (Phi) is 6.41. The summed E-state index contributed by atoms with van der Waals surface area (Å²) in [7, 11) is 0. The number of nitrogens with one attached hydrogen (secondary N) is 2. The number of halogens is 1. The molecule has 0 saturated carbocycles. The van der Waals surface area contributed by atoms with Crippen LogP contribution in [0.4, 0.5) is 5.69 Å². The molecule has 2 aliphatic heterocycles. The Morgan fingerprint density at radius 3 is 2.81 bits per heavy atom. The normalized spacial score (nSPS) is 21.8. The summed E-state index contributed by atoms with van der Waals surface area (Å²) in [6, 6.07) is 9.73. The van der Waals surface area contributed by atoms with Crippen LogP contribution in [-0.4, -0.2) is 69.3 Å². The summed E-state index contributed by atoms with van der Waals surface area (Å²) in [5, 5.41) is 26.9. The van der Waals surface area contributed by atoms with Gasteiger partial charge in [-0.25, -0.2) is 4.98 Å². The molecule has 1 saturated heterocycles. The van der Waals surface area contributed by atoms with E-state index in [1.54, 1.807) is 12.3 Å². The number of β-amino-alcohol motifs (C(OH)–C–C–N with tert-alkyl or cyclic N) is 1. The summed E-state index contributed by atoms with van der Waals surface area (Å²) >= 11 is 5.94. The van der Waals surface area contributed by atoms with Gasteiger partial charge in [-0.15, -0.1) is 0 Å². The van der Waals surface area contributed by atoms with Crippen LogP contribution in [0.3, 0.4) is 0 Å². The second-order valence-electron chi connectivity index (χ2n) is 8.04. The molecule has 0 bridgehead atoms. The number of amides is 2. The Morgan fingerprint density at radius 2 is 2.10 bits per heavy atom. The van der Waals surface area contributed by atoms with Gasteiger partial charge in [0.25, 0.3) is 5.91 Å². The van der Waals surface area contributed by atoms with Gasteiger partial charge in [-0.3, -0.25) is 9.59 Å². The van der Waals surface area contributed by atoms with Crippen LogP contribution in [-0.2, 0) is 22.4 Å². The molecule has 4 rings (SSSR count). The Bertz CT molecular complexity index is 958. The zero-order chi connectivity index (χ0) is 22.0. The van der Waals surface area contributed by atoms with Crippen LogP contribution in [0.25, 0.3) is 0 Å². The number of anilines is 1. The van der Waals surface area contributed by atoms with Crippen LogP contribution in [0, 0.1) is 0 Å². The van der Waals surface area contributed by atoms with Gasteiger partial charge in [0.05, 0.1) is 24.0 Å². The average molecular weight is 445 g/mol. The summed E-state index contributed by atoms with van der Waals surface area (Å²) in [4.78, 5) is 31.3. The minimum absolute atomic E-state index is 0.190. The zero-order valence-corrected chi connectivity index (χ0v) is 17.6. The van der Waals surface area contributed by atoms with E-state index >= 15 is 0 Å². The Labute approximate surface area is 185 Å². The summed E-state index contributed by atoms with van der Waals surface area (Å²) < 4.78 is 0. The molecule has 1 aromatic heterocycles. The number of aliphatic hydroxyl groups is 2. The number of benzene rings is 1. The second-order valence-corrected chi connectivity index (χ2v) is 8.43. The summed E-state index contributed by atoms with van der Waals surface area (Å²) in [5.74, 6) is -0.807.